The summed E-state index contributed by atoms with van der Waals surface area (Å²) in [5.74, 6) is 0.947. The molecule has 2 heterocycles. The minimum Gasteiger partial charge on any atom is -0.441 e. The molecule has 9 heteroatoms. The number of aryl methyl sites for hydroxylation is 1. The van der Waals surface area contributed by atoms with Crippen molar-refractivity contribution in [1.82, 2.24) is 10.3 Å². The largest absolute Gasteiger partial charge is 0.441 e. The third-order valence-electron chi connectivity index (χ3n) is 5.21. The van der Waals surface area contributed by atoms with E-state index >= 15 is 0 Å². The number of hydrogen-bond donors (Lipinski definition) is 5. The molecule has 3 unspecified atom stereocenters. The SMILES string of the molecule is CC(C)c1ccc(-c2cnc(CCC(=O)NC3C(O)O[C@H](CO)C(O)[C@@H]3O)o2)cc1. The summed E-state index contributed by atoms with van der Waals surface area (Å²) in [5, 5.41) is 41.4. The normalized spacial score (nSPS) is 26.7. The van der Waals surface area contributed by atoms with E-state index in [1.54, 1.807) is 6.20 Å². The first-order chi connectivity index (χ1) is 14.3. The Morgan fingerprint density at radius 1 is 1.17 bits per heavy atom. The number of amides is 1. The molecule has 0 spiro atoms. The highest BCUT2D eigenvalue weighted by atomic mass is 16.6. The molecule has 0 saturated carbocycles. The quantitative estimate of drug-likeness (QED) is 0.430. The summed E-state index contributed by atoms with van der Waals surface area (Å²) in [6, 6.07) is 6.78. The molecular formula is C21H28N2O7. The van der Waals surface area contributed by atoms with Gasteiger partial charge in [-0.25, -0.2) is 4.98 Å². The maximum absolute atomic E-state index is 12.2. The average Bonchev–Trinajstić information content (AvgIpc) is 3.21. The molecule has 0 bridgehead atoms. The van der Waals surface area contributed by atoms with Gasteiger partial charge in [0.25, 0.3) is 0 Å². The highest BCUT2D eigenvalue weighted by molar-refractivity contribution is 5.76. The van der Waals surface area contributed by atoms with Crippen molar-refractivity contribution in [2.24, 2.45) is 0 Å². The molecular weight excluding hydrogens is 392 g/mol. The number of aliphatic hydroxyl groups is 4. The predicted octanol–water partition coefficient (Wildman–Crippen LogP) is 0.314. The lowest BCUT2D eigenvalue weighted by atomic mass is 9.97. The Hall–Kier alpha value is -2.30. The number of carbonyl (C=O) groups is 1. The second-order valence-electron chi connectivity index (χ2n) is 7.72. The summed E-state index contributed by atoms with van der Waals surface area (Å²) in [6.45, 7) is 3.67. The lowest BCUT2D eigenvalue weighted by molar-refractivity contribution is -0.253. The van der Waals surface area contributed by atoms with Crippen LogP contribution < -0.4 is 5.32 Å². The van der Waals surface area contributed by atoms with E-state index in [1.165, 1.54) is 5.56 Å². The first-order valence-corrected chi connectivity index (χ1v) is 9.95. The Balaban J connectivity index is 1.54. The van der Waals surface area contributed by atoms with E-state index in [9.17, 15) is 20.1 Å². The second-order valence-corrected chi connectivity index (χ2v) is 7.72. The van der Waals surface area contributed by atoms with Gasteiger partial charge in [-0.15, -0.1) is 0 Å². The van der Waals surface area contributed by atoms with Crippen LogP contribution in [0.4, 0.5) is 0 Å². The van der Waals surface area contributed by atoms with Gasteiger partial charge in [0.15, 0.2) is 17.9 Å². The van der Waals surface area contributed by atoms with Crippen LogP contribution >= 0.6 is 0 Å². The lowest BCUT2D eigenvalue weighted by Crippen LogP contribution is -2.64. The molecule has 2 aromatic rings. The van der Waals surface area contributed by atoms with E-state index in [1.807, 2.05) is 24.3 Å². The van der Waals surface area contributed by atoms with Crippen molar-refractivity contribution in [3.8, 4) is 11.3 Å². The molecule has 1 aliphatic rings. The fraction of sp³-hybridized carbons (Fsp3) is 0.524. The molecule has 9 nitrogen and oxygen atoms in total. The number of nitrogens with one attached hydrogen (secondary N) is 1. The van der Waals surface area contributed by atoms with E-state index < -0.39 is 43.2 Å². The molecule has 164 valence electrons. The van der Waals surface area contributed by atoms with Gasteiger partial charge in [-0.2, -0.15) is 0 Å². The van der Waals surface area contributed by atoms with Gasteiger partial charge in [0.05, 0.1) is 12.8 Å². The Kier molecular flexibility index (Phi) is 7.22. The number of oxazole rings is 1. The zero-order valence-electron chi connectivity index (χ0n) is 16.9. The van der Waals surface area contributed by atoms with Crippen LogP contribution in [0.3, 0.4) is 0 Å². The van der Waals surface area contributed by atoms with Gasteiger partial charge in [-0.3, -0.25) is 4.79 Å². The highest BCUT2D eigenvalue weighted by Crippen LogP contribution is 2.24. The minimum absolute atomic E-state index is 0.00169. The van der Waals surface area contributed by atoms with E-state index in [2.05, 4.69) is 24.1 Å². The molecule has 1 aliphatic heterocycles. The van der Waals surface area contributed by atoms with E-state index in [0.29, 0.717) is 17.6 Å². The third-order valence-corrected chi connectivity index (χ3v) is 5.21. The fourth-order valence-electron chi connectivity index (χ4n) is 3.32. The Bertz CT molecular complexity index is 836. The Morgan fingerprint density at radius 3 is 2.50 bits per heavy atom. The number of aliphatic hydroxyl groups excluding tert-OH is 4. The molecule has 1 aromatic carbocycles. The van der Waals surface area contributed by atoms with Crippen molar-refractivity contribution in [2.75, 3.05) is 6.61 Å². The highest BCUT2D eigenvalue weighted by Gasteiger charge is 2.44. The lowest BCUT2D eigenvalue weighted by Gasteiger charge is -2.40. The van der Waals surface area contributed by atoms with Crippen molar-refractivity contribution in [2.45, 2.75) is 63.3 Å². The second kappa shape index (κ2) is 9.67. The first kappa shape index (κ1) is 22.4. The summed E-state index contributed by atoms with van der Waals surface area (Å²) >= 11 is 0. The average molecular weight is 420 g/mol. The molecule has 1 fully saturated rings. The fourth-order valence-corrected chi connectivity index (χ4v) is 3.32. The topological polar surface area (TPSA) is 145 Å². The monoisotopic (exact) mass is 420 g/mol. The predicted molar refractivity (Wildman–Crippen MR) is 106 cm³/mol. The maximum atomic E-state index is 12.2. The van der Waals surface area contributed by atoms with Crippen LogP contribution in [0.1, 0.15) is 37.6 Å². The number of benzene rings is 1. The van der Waals surface area contributed by atoms with Crippen LogP contribution in [-0.4, -0.2) is 68.6 Å². The van der Waals surface area contributed by atoms with Gasteiger partial charge in [0, 0.05) is 18.4 Å². The van der Waals surface area contributed by atoms with Crippen LogP contribution in [0.2, 0.25) is 0 Å². The Labute approximate surface area is 174 Å². The summed E-state index contributed by atoms with van der Waals surface area (Å²) in [4.78, 5) is 16.4. The number of carbonyl (C=O) groups excluding carboxylic acids is 1. The summed E-state index contributed by atoms with van der Waals surface area (Å²) in [5.41, 5.74) is 2.11. The van der Waals surface area contributed by atoms with Gasteiger partial charge in [0.1, 0.15) is 24.4 Å². The third kappa shape index (κ3) is 5.05. The molecule has 30 heavy (non-hydrogen) atoms. The van der Waals surface area contributed by atoms with Gasteiger partial charge in [0.2, 0.25) is 5.91 Å². The van der Waals surface area contributed by atoms with Crippen molar-refractivity contribution in [3.05, 3.63) is 41.9 Å². The van der Waals surface area contributed by atoms with Crippen LogP contribution in [0.25, 0.3) is 11.3 Å². The summed E-state index contributed by atoms with van der Waals surface area (Å²) in [7, 11) is 0. The number of aromatic nitrogens is 1. The molecule has 0 radical (unpaired) electrons. The van der Waals surface area contributed by atoms with Crippen molar-refractivity contribution >= 4 is 5.91 Å². The molecule has 5 atom stereocenters. The molecule has 0 aliphatic carbocycles. The molecule has 3 rings (SSSR count). The van der Waals surface area contributed by atoms with Crippen molar-refractivity contribution < 1.29 is 34.4 Å². The maximum Gasteiger partial charge on any atom is 0.220 e. The van der Waals surface area contributed by atoms with Crippen LogP contribution in [0.5, 0.6) is 0 Å². The number of hydrogen-bond acceptors (Lipinski definition) is 8. The smallest absolute Gasteiger partial charge is 0.220 e. The van der Waals surface area contributed by atoms with E-state index in [0.717, 1.165) is 5.56 Å². The molecule has 1 aromatic heterocycles. The zero-order chi connectivity index (χ0) is 21.8. The molecule has 5 N–H and O–H groups in total. The van der Waals surface area contributed by atoms with Gasteiger partial charge >= 0.3 is 0 Å². The van der Waals surface area contributed by atoms with Crippen LogP contribution in [0, 0.1) is 0 Å². The standard InChI is InChI=1S/C21H28N2O7/c1-11(2)12-3-5-13(6-4-12)14-9-22-17(29-14)8-7-16(25)23-18-20(27)19(26)15(10-24)30-21(18)28/h3-6,9,11,15,18-21,24,26-28H,7-8,10H2,1-2H3,(H,23,25)/t15-,18?,19?,20-,21?/m1/s1. The molecule has 1 amide bonds. The van der Waals surface area contributed by atoms with Gasteiger partial charge in [-0.1, -0.05) is 38.1 Å². The minimum atomic E-state index is -1.55. The number of nitrogens with zero attached hydrogens (tertiary/aromatic N) is 1. The van der Waals surface area contributed by atoms with Crippen molar-refractivity contribution in [1.29, 1.82) is 0 Å². The first-order valence-electron chi connectivity index (χ1n) is 9.95. The zero-order valence-corrected chi connectivity index (χ0v) is 16.9. The van der Waals surface area contributed by atoms with Crippen LogP contribution in [-0.2, 0) is 16.0 Å². The van der Waals surface area contributed by atoms with Crippen molar-refractivity contribution in [3.63, 3.8) is 0 Å². The van der Waals surface area contributed by atoms with Gasteiger partial charge < -0.3 is 34.9 Å². The Morgan fingerprint density at radius 2 is 1.87 bits per heavy atom. The number of ether oxygens (including phenoxy) is 1. The van der Waals surface area contributed by atoms with Crippen LogP contribution in [0.15, 0.2) is 34.9 Å². The number of rotatable bonds is 7. The summed E-state index contributed by atoms with van der Waals surface area (Å²) < 4.78 is 10.7. The van der Waals surface area contributed by atoms with E-state index in [-0.39, 0.29) is 12.8 Å². The van der Waals surface area contributed by atoms with E-state index in [4.69, 9.17) is 14.3 Å². The van der Waals surface area contributed by atoms with Gasteiger partial charge in [-0.05, 0) is 11.5 Å². The summed E-state index contributed by atoms with van der Waals surface area (Å²) in [6.07, 6.45) is -3.75. The molecule has 1 saturated heterocycles.